The Balaban J connectivity index is 0.00000122. The van der Waals surface area contributed by atoms with Gasteiger partial charge in [-0.05, 0) is 51.1 Å². The van der Waals surface area contributed by atoms with Crippen molar-refractivity contribution in [3.05, 3.63) is 95.1 Å². The summed E-state index contributed by atoms with van der Waals surface area (Å²) in [6.45, 7) is 4.07. The van der Waals surface area contributed by atoms with Crippen molar-refractivity contribution in [2.75, 3.05) is 30.0 Å². The molecule has 1 fully saturated rings. The number of pyridine rings is 1. The van der Waals surface area contributed by atoms with Crippen molar-refractivity contribution in [1.82, 2.24) is 19.7 Å². The second-order valence-electron chi connectivity index (χ2n) is 12.5. The van der Waals surface area contributed by atoms with E-state index >= 15 is 0 Å². The average molecular weight is 789 g/mol. The maximum absolute atomic E-state index is 14.1. The van der Waals surface area contributed by atoms with Crippen LogP contribution < -0.4 is 15.4 Å². The Morgan fingerprint density at radius 2 is 1.50 bits per heavy atom. The van der Waals surface area contributed by atoms with Crippen molar-refractivity contribution in [2.24, 2.45) is 0 Å². The van der Waals surface area contributed by atoms with Gasteiger partial charge in [0.25, 0.3) is 16.0 Å². The highest BCUT2D eigenvalue weighted by molar-refractivity contribution is 7.85. The number of hydrogen-bond donors (Lipinski definition) is 3. The molecule has 0 spiro atoms. The number of hydrogen-bond acceptors (Lipinski definition) is 7. The highest BCUT2D eigenvalue weighted by Gasteiger charge is 2.70. The number of piperidine rings is 1. The van der Waals surface area contributed by atoms with E-state index in [0.29, 0.717) is 43.8 Å². The molecule has 0 atom stereocenters. The van der Waals surface area contributed by atoms with Gasteiger partial charge in [0.05, 0.1) is 35.1 Å². The normalized spacial score (nSPS) is 14.2. The molecule has 0 aliphatic carbocycles. The van der Waals surface area contributed by atoms with Crippen LogP contribution in [0.25, 0.3) is 5.69 Å². The maximum atomic E-state index is 14.1. The molecule has 3 amide bonds. The molecule has 4 aromatic rings. The zero-order valence-corrected chi connectivity index (χ0v) is 29.9. The van der Waals surface area contributed by atoms with Gasteiger partial charge in [-0.15, -0.1) is 0 Å². The first-order chi connectivity index (χ1) is 25.0. The van der Waals surface area contributed by atoms with Gasteiger partial charge in [0.15, 0.2) is 0 Å². The molecule has 54 heavy (non-hydrogen) atoms. The van der Waals surface area contributed by atoms with Crippen molar-refractivity contribution < 1.29 is 58.0 Å². The summed E-state index contributed by atoms with van der Waals surface area (Å²) in [5, 5.41) is 8.42. The maximum Gasteiger partial charge on any atom is 0.408 e. The summed E-state index contributed by atoms with van der Waals surface area (Å²) >= 11 is 0. The summed E-state index contributed by atoms with van der Waals surface area (Å²) < 4.78 is 130. The van der Waals surface area contributed by atoms with Gasteiger partial charge in [0, 0.05) is 37.6 Å². The summed E-state index contributed by atoms with van der Waals surface area (Å²) in [5.41, 5.74) is -4.14. The predicted molar refractivity (Wildman–Crippen MR) is 183 cm³/mol. The SMILES string of the molecule is CS(=O)(=O)O.Cc1ccc(-n2nc(C(C)(C(F)(F)F)C(F)(F)F)cc2NC(=O)Nc2cnc(OC3CCN(C(=O)c4ccccc4F)CC3)c(C)c2)cc1. The van der Waals surface area contributed by atoms with Gasteiger partial charge in [-0.2, -0.15) is 39.9 Å². The number of benzene rings is 2. The molecule has 1 aliphatic heterocycles. The zero-order chi connectivity index (χ0) is 40.2. The Labute approximate surface area is 305 Å². The number of carbonyl (C=O) groups is 2. The van der Waals surface area contributed by atoms with E-state index in [1.165, 1.54) is 42.6 Å². The van der Waals surface area contributed by atoms with Gasteiger partial charge in [-0.3, -0.25) is 14.7 Å². The molecule has 0 saturated carbocycles. The summed E-state index contributed by atoms with van der Waals surface area (Å²) in [5.74, 6) is -1.20. The number of likely N-dealkylation sites (tertiary alicyclic amines) is 1. The highest BCUT2D eigenvalue weighted by atomic mass is 32.2. The van der Waals surface area contributed by atoms with Gasteiger partial charge in [0.1, 0.15) is 17.7 Å². The first-order valence-corrected chi connectivity index (χ1v) is 17.8. The molecule has 20 heteroatoms. The van der Waals surface area contributed by atoms with Crippen LogP contribution in [-0.4, -0.2) is 82.4 Å². The molecule has 5 rings (SSSR count). The molecule has 3 N–H and O–H groups in total. The van der Waals surface area contributed by atoms with Crippen LogP contribution >= 0.6 is 0 Å². The third kappa shape index (κ3) is 10.0. The molecule has 292 valence electrons. The monoisotopic (exact) mass is 788 g/mol. The number of halogens is 7. The van der Waals surface area contributed by atoms with Crippen LogP contribution in [0.2, 0.25) is 0 Å². The lowest BCUT2D eigenvalue weighted by Gasteiger charge is -2.32. The van der Waals surface area contributed by atoms with E-state index in [1.807, 2.05) is 0 Å². The lowest BCUT2D eigenvalue weighted by Crippen LogP contribution is -2.51. The number of nitrogens with zero attached hydrogens (tertiary/aromatic N) is 4. The van der Waals surface area contributed by atoms with Crippen molar-refractivity contribution in [1.29, 1.82) is 0 Å². The summed E-state index contributed by atoms with van der Waals surface area (Å²) in [6.07, 6.45) is -8.89. The molecular weight excluding hydrogens is 753 g/mol. The fourth-order valence-corrected chi connectivity index (χ4v) is 5.22. The fourth-order valence-electron chi connectivity index (χ4n) is 5.22. The predicted octanol–water partition coefficient (Wildman–Crippen LogP) is 7.24. The van der Waals surface area contributed by atoms with E-state index in [9.17, 15) is 48.7 Å². The zero-order valence-electron chi connectivity index (χ0n) is 29.1. The number of nitrogens with one attached hydrogen (secondary N) is 2. The molecule has 0 radical (unpaired) electrons. The molecule has 3 heterocycles. The van der Waals surface area contributed by atoms with Crippen LogP contribution in [0, 0.1) is 19.7 Å². The smallest absolute Gasteiger partial charge is 0.408 e. The van der Waals surface area contributed by atoms with Crippen molar-refractivity contribution in [2.45, 2.75) is 57.5 Å². The largest absolute Gasteiger partial charge is 0.474 e. The van der Waals surface area contributed by atoms with Gasteiger partial charge < -0.3 is 15.0 Å². The van der Waals surface area contributed by atoms with E-state index in [0.717, 1.165) is 10.2 Å². The standard InChI is InChI=1S/C33H31F7N6O3.CH4O3S/c1-19-8-10-22(11-9-19)46-27(17-26(44-46)31(3,32(35,36)37)33(38,39)40)43-30(48)42-21-16-20(2)28(41-18-21)49-23-12-14-45(15-13-23)29(47)24-6-4-5-7-25(24)34;1-5(2,3)4/h4-11,16-18,23H,12-15H2,1-3H3,(H2,42,43,48);1H3,(H,2,3,4). The minimum Gasteiger partial charge on any atom is -0.474 e. The van der Waals surface area contributed by atoms with E-state index < -0.39 is 57.2 Å². The number of ether oxygens (including phenoxy) is 1. The Kier molecular flexibility index (Phi) is 12.3. The minimum atomic E-state index is -5.75. The van der Waals surface area contributed by atoms with Crippen LogP contribution in [0.1, 0.15) is 46.9 Å². The number of amides is 3. The van der Waals surface area contributed by atoms with Gasteiger partial charge in [-0.1, -0.05) is 29.8 Å². The molecule has 2 aromatic heterocycles. The molecule has 0 bridgehead atoms. The number of carbonyl (C=O) groups excluding carboxylic acids is 2. The van der Waals surface area contributed by atoms with Crippen molar-refractivity contribution >= 4 is 33.6 Å². The second-order valence-corrected chi connectivity index (χ2v) is 14.0. The van der Waals surface area contributed by atoms with E-state index in [2.05, 4.69) is 20.7 Å². The fraction of sp³-hybridized carbons (Fsp3) is 0.353. The molecule has 2 aromatic carbocycles. The Hall–Kier alpha value is -5.24. The Morgan fingerprint density at radius 1 is 0.926 bits per heavy atom. The minimum absolute atomic E-state index is 0.00681. The van der Waals surface area contributed by atoms with Crippen LogP contribution in [0.3, 0.4) is 0 Å². The van der Waals surface area contributed by atoms with Gasteiger partial charge in [-0.25, -0.2) is 18.9 Å². The Bertz CT molecular complexity index is 2060. The first kappa shape index (κ1) is 41.5. The molecule has 12 nitrogen and oxygen atoms in total. The number of aryl methyl sites for hydroxylation is 2. The average Bonchev–Trinajstić information content (AvgIpc) is 3.48. The molecule has 1 aliphatic rings. The third-order valence-corrected chi connectivity index (χ3v) is 8.28. The number of alkyl halides is 6. The van der Waals surface area contributed by atoms with E-state index in [4.69, 9.17) is 9.29 Å². The number of rotatable bonds is 7. The van der Waals surface area contributed by atoms with Crippen LogP contribution in [0.15, 0.2) is 66.9 Å². The van der Waals surface area contributed by atoms with Crippen LogP contribution in [-0.2, 0) is 15.5 Å². The van der Waals surface area contributed by atoms with Gasteiger partial charge >= 0.3 is 18.4 Å². The summed E-state index contributed by atoms with van der Waals surface area (Å²) in [4.78, 5) is 31.5. The highest BCUT2D eigenvalue weighted by Crippen LogP contribution is 2.51. The summed E-state index contributed by atoms with van der Waals surface area (Å²) in [6, 6.07) is 12.9. The van der Waals surface area contributed by atoms with Gasteiger partial charge in [0.2, 0.25) is 11.3 Å². The van der Waals surface area contributed by atoms with E-state index in [1.54, 1.807) is 36.9 Å². The lowest BCUT2D eigenvalue weighted by molar-refractivity contribution is -0.298. The third-order valence-electron chi connectivity index (χ3n) is 8.28. The van der Waals surface area contributed by atoms with Crippen LogP contribution in [0.4, 0.5) is 47.0 Å². The summed E-state index contributed by atoms with van der Waals surface area (Å²) in [7, 11) is -3.67. The molecule has 0 unspecified atom stereocenters. The van der Waals surface area contributed by atoms with Crippen LogP contribution in [0.5, 0.6) is 5.88 Å². The molecule has 1 saturated heterocycles. The topological polar surface area (TPSA) is 156 Å². The quantitative estimate of drug-likeness (QED) is 0.131. The number of aromatic nitrogens is 3. The van der Waals surface area contributed by atoms with Crippen molar-refractivity contribution in [3.63, 3.8) is 0 Å². The number of urea groups is 1. The second kappa shape index (κ2) is 16.0. The molecular formula is C34H35F7N6O6S. The van der Waals surface area contributed by atoms with Crippen molar-refractivity contribution in [3.8, 4) is 11.6 Å². The number of anilines is 2. The lowest BCUT2D eigenvalue weighted by atomic mass is 9.85. The first-order valence-electron chi connectivity index (χ1n) is 16.0. The van der Waals surface area contributed by atoms with E-state index in [-0.39, 0.29) is 35.8 Å². The Morgan fingerprint density at radius 3 is 2.04 bits per heavy atom.